The SMILES string of the molecule is [CH2]CC(CN)CCN. The zero-order chi connectivity index (χ0) is 6.41. The third-order valence-electron chi connectivity index (χ3n) is 1.32. The molecular formula is C6H15N2. The zero-order valence-electron chi connectivity index (χ0n) is 5.27. The molecule has 0 fully saturated rings. The van der Waals surface area contributed by atoms with E-state index in [-0.39, 0.29) is 0 Å². The lowest BCUT2D eigenvalue weighted by atomic mass is 10.0. The summed E-state index contributed by atoms with van der Waals surface area (Å²) in [4.78, 5) is 0. The van der Waals surface area contributed by atoms with E-state index in [0.29, 0.717) is 5.92 Å². The van der Waals surface area contributed by atoms with Crippen LogP contribution in [0.15, 0.2) is 0 Å². The Morgan fingerprint density at radius 3 is 2.12 bits per heavy atom. The van der Waals surface area contributed by atoms with E-state index in [2.05, 4.69) is 6.92 Å². The molecule has 8 heavy (non-hydrogen) atoms. The molecule has 0 bridgehead atoms. The van der Waals surface area contributed by atoms with Gasteiger partial charge in [-0.05, 0) is 31.8 Å². The fourth-order valence-corrected chi connectivity index (χ4v) is 0.616. The van der Waals surface area contributed by atoms with Crippen molar-refractivity contribution in [3.05, 3.63) is 6.92 Å². The maximum atomic E-state index is 5.37. The highest BCUT2D eigenvalue weighted by Crippen LogP contribution is 2.02. The second-order valence-electron chi connectivity index (χ2n) is 1.97. The Morgan fingerprint density at radius 1 is 1.38 bits per heavy atom. The van der Waals surface area contributed by atoms with E-state index in [1.807, 2.05) is 0 Å². The molecule has 0 aliphatic carbocycles. The average molecular weight is 115 g/mol. The third-order valence-corrected chi connectivity index (χ3v) is 1.32. The Morgan fingerprint density at radius 2 is 2.00 bits per heavy atom. The first-order valence-electron chi connectivity index (χ1n) is 3.04. The van der Waals surface area contributed by atoms with Crippen molar-refractivity contribution in [2.24, 2.45) is 17.4 Å². The average Bonchev–Trinajstić information content (AvgIpc) is 1.83. The lowest BCUT2D eigenvalue weighted by Crippen LogP contribution is -2.17. The standard InChI is InChI=1S/C6H15N2/c1-2-6(5-8)3-4-7/h6H,1-5,7-8H2. The van der Waals surface area contributed by atoms with Crippen molar-refractivity contribution in [3.63, 3.8) is 0 Å². The van der Waals surface area contributed by atoms with Crippen LogP contribution >= 0.6 is 0 Å². The Balaban J connectivity index is 3.07. The monoisotopic (exact) mass is 115 g/mol. The van der Waals surface area contributed by atoms with Crippen molar-refractivity contribution < 1.29 is 0 Å². The highest BCUT2D eigenvalue weighted by atomic mass is 14.6. The van der Waals surface area contributed by atoms with Gasteiger partial charge < -0.3 is 11.5 Å². The first-order valence-corrected chi connectivity index (χ1v) is 3.04. The molecule has 0 rings (SSSR count). The van der Waals surface area contributed by atoms with Gasteiger partial charge in [0.1, 0.15) is 0 Å². The van der Waals surface area contributed by atoms with Gasteiger partial charge in [0.15, 0.2) is 0 Å². The van der Waals surface area contributed by atoms with Crippen LogP contribution in [0.1, 0.15) is 12.8 Å². The Kier molecular flexibility index (Phi) is 5.01. The zero-order valence-corrected chi connectivity index (χ0v) is 5.27. The van der Waals surface area contributed by atoms with Gasteiger partial charge in [-0.1, -0.05) is 6.92 Å². The summed E-state index contributed by atoms with van der Waals surface area (Å²) in [6.07, 6.45) is 1.92. The van der Waals surface area contributed by atoms with E-state index >= 15 is 0 Å². The van der Waals surface area contributed by atoms with Crippen LogP contribution in [0.4, 0.5) is 0 Å². The molecule has 0 heterocycles. The largest absolute Gasteiger partial charge is 0.330 e. The fraction of sp³-hybridized carbons (Fsp3) is 0.833. The highest BCUT2D eigenvalue weighted by molar-refractivity contribution is 4.60. The van der Waals surface area contributed by atoms with E-state index in [4.69, 9.17) is 11.5 Å². The molecule has 0 saturated carbocycles. The number of rotatable bonds is 4. The normalized spacial score (nSPS) is 13.9. The minimum Gasteiger partial charge on any atom is -0.330 e. The molecule has 0 saturated heterocycles. The molecule has 4 N–H and O–H groups in total. The molecule has 0 aromatic carbocycles. The summed E-state index contributed by atoms with van der Waals surface area (Å²) in [5.41, 5.74) is 10.7. The molecule has 0 aromatic rings. The molecule has 0 amide bonds. The second kappa shape index (κ2) is 5.06. The van der Waals surface area contributed by atoms with Crippen molar-refractivity contribution in [1.82, 2.24) is 0 Å². The molecule has 0 spiro atoms. The molecule has 0 aliphatic rings. The Hall–Kier alpha value is -0.0800. The van der Waals surface area contributed by atoms with E-state index in [1.165, 1.54) is 0 Å². The van der Waals surface area contributed by atoms with Gasteiger partial charge in [0.2, 0.25) is 0 Å². The van der Waals surface area contributed by atoms with Gasteiger partial charge in [0.25, 0.3) is 0 Å². The molecule has 1 atom stereocenters. The number of hydrogen-bond acceptors (Lipinski definition) is 2. The van der Waals surface area contributed by atoms with Gasteiger partial charge in [0, 0.05) is 0 Å². The molecule has 49 valence electrons. The topological polar surface area (TPSA) is 52.0 Å². The van der Waals surface area contributed by atoms with Crippen LogP contribution in [-0.2, 0) is 0 Å². The number of hydrogen-bond donors (Lipinski definition) is 2. The fourth-order valence-electron chi connectivity index (χ4n) is 0.616. The van der Waals surface area contributed by atoms with Crippen molar-refractivity contribution in [2.45, 2.75) is 12.8 Å². The molecule has 0 aromatic heterocycles. The van der Waals surface area contributed by atoms with Gasteiger partial charge in [-0.15, -0.1) is 0 Å². The molecule has 0 aliphatic heterocycles. The lowest BCUT2D eigenvalue weighted by Gasteiger charge is -2.08. The minimum atomic E-state index is 0.542. The van der Waals surface area contributed by atoms with Crippen molar-refractivity contribution in [1.29, 1.82) is 0 Å². The quantitative estimate of drug-likeness (QED) is 0.547. The molecular weight excluding hydrogens is 100 g/mol. The summed E-state index contributed by atoms with van der Waals surface area (Å²) < 4.78 is 0. The van der Waals surface area contributed by atoms with Crippen LogP contribution < -0.4 is 11.5 Å². The molecule has 2 nitrogen and oxygen atoms in total. The van der Waals surface area contributed by atoms with E-state index in [1.54, 1.807) is 0 Å². The van der Waals surface area contributed by atoms with Crippen LogP contribution in [0.3, 0.4) is 0 Å². The summed E-state index contributed by atoms with van der Waals surface area (Å²) >= 11 is 0. The van der Waals surface area contributed by atoms with Gasteiger partial charge in [-0.2, -0.15) is 0 Å². The first kappa shape index (κ1) is 7.92. The molecule has 1 radical (unpaired) electrons. The molecule has 2 heteroatoms. The van der Waals surface area contributed by atoms with Crippen LogP contribution in [0.5, 0.6) is 0 Å². The predicted molar refractivity (Wildman–Crippen MR) is 36.2 cm³/mol. The van der Waals surface area contributed by atoms with Gasteiger partial charge in [-0.3, -0.25) is 0 Å². The van der Waals surface area contributed by atoms with Gasteiger partial charge in [-0.25, -0.2) is 0 Å². The van der Waals surface area contributed by atoms with E-state index in [0.717, 1.165) is 25.9 Å². The maximum absolute atomic E-state index is 5.37. The lowest BCUT2D eigenvalue weighted by molar-refractivity contribution is 0.509. The first-order chi connectivity index (χ1) is 3.85. The summed E-state index contributed by atoms with van der Waals surface area (Å²) in [6, 6.07) is 0. The van der Waals surface area contributed by atoms with Crippen LogP contribution in [-0.4, -0.2) is 13.1 Å². The van der Waals surface area contributed by atoms with E-state index in [9.17, 15) is 0 Å². The van der Waals surface area contributed by atoms with E-state index < -0.39 is 0 Å². The summed E-state index contributed by atoms with van der Waals surface area (Å²) in [5.74, 6) is 0.542. The Bertz CT molecular complexity index is 41.8. The smallest absolute Gasteiger partial charge is 0.00484 e. The van der Waals surface area contributed by atoms with Crippen molar-refractivity contribution >= 4 is 0 Å². The van der Waals surface area contributed by atoms with Gasteiger partial charge in [0.05, 0.1) is 0 Å². The van der Waals surface area contributed by atoms with Crippen LogP contribution in [0.25, 0.3) is 0 Å². The third kappa shape index (κ3) is 2.99. The summed E-state index contributed by atoms with van der Waals surface area (Å²) in [5, 5.41) is 0. The predicted octanol–water partition coefficient (Wildman–Crippen LogP) is 0.134. The summed E-state index contributed by atoms with van der Waals surface area (Å²) in [6.45, 7) is 5.20. The molecule has 1 unspecified atom stereocenters. The van der Waals surface area contributed by atoms with Gasteiger partial charge >= 0.3 is 0 Å². The Labute approximate surface area is 51.2 Å². The minimum absolute atomic E-state index is 0.542. The number of nitrogens with two attached hydrogens (primary N) is 2. The van der Waals surface area contributed by atoms with Crippen LogP contribution in [0.2, 0.25) is 0 Å². The summed E-state index contributed by atoms with van der Waals surface area (Å²) in [7, 11) is 0. The highest BCUT2D eigenvalue weighted by Gasteiger charge is 1.99. The maximum Gasteiger partial charge on any atom is -0.00484 e. The van der Waals surface area contributed by atoms with Crippen molar-refractivity contribution in [2.75, 3.05) is 13.1 Å². The van der Waals surface area contributed by atoms with Crippen molar-refractivity contribution in [3.8, 4) is 0 Å². The second-order valence-corrected chi connectivity index (χ2v) is 1.97. The van der Waals surface area contributed by atoms with Crippen LogP contribution in [0, 0.1) is 12.8 Å².